The van der Waals surface area contributed by atoms with E-state index in [1.54, 1.807) is 0 Å². The van der Waals surface area contributed by atoms with Crippen molar-refractivity contribution in [3.63, 3.8) is 0 Å². The molecule has 0 radical (unpaired) electrons. The Morgan fingerprint density at radius 2 is 1.91 bits per heavy atom. The Bertz CT molecular complexity index is 441. The zero-order valence-electron chi connectivity index (χ0n) is 13.6. The summed E-state index contributed by atoms with van der Waals surface area (Å²) in [4.78, 5) is 9.43. The van der Waals surface area contributed by atoms with Crippen molar-refractivity contribution in [2.24, 2.45) is 5.92 Å². The fraction of sp³-hybridized carbons (Fsp3) is 0.867. The van der Waals surface area contributed by atoms with Crippen LogP contribution < -0.4 is 5.32 Å². The lowest BCUT2D eigenvalue weighted by Gasteiger charge is -2.38. The van der Waals surface area contributed by atoms with Gasteiger partial charge in [0.25, 0.3) is 0 Å². The minimum Gasteiger partial charge on any atom is -0.338 e. The maximum Gasteiger partial charge on any atom is 0.243 e. The van der Waals surface area contributed by atoms with Gasteiger partial charge < -0.3 is 14.7 Å². The topological polar surface area (TPSA) is 57.4 Å². The Kier molecular flexibility index (Phi) is 6.62. The first kappa shape index (κ1) is 17.7. The van der Waals surface area contributed by atoms with Crippen molar-refractivity contribution < 1.29 is 4.52 Å². The van der Waals surface area contributed by atoms with E-state index in [1.807, 2.05) is 6.92 Å². The van der Waals surface area contributed by atoms with E-state index in [1.165, 1.54) is 32.5 Å². The summed E-state index contributed by atoms with van der Waals surface area (Å²) in [7, 11) is 0. The standard InChI is InChI=1S/C15H27N5O.ClH/c1-12(15-17-13(2)18-21-15)20-9-7-19(8-10-20)11-14-3-5-16-6-4-14;/h12,14,16H,3-11H2,1-2H3;1H. The second-order valence-corrected chi connectivity index (χ2v) is 6.39. The quantitative estimate of drug-likeness (QED) is 0.903. The summed E-state index contributed by atoms with van der Waals surface area (Å²) < 4.78 is 5.30. The fourth-order valence-corrected chi connectivity index (χ4v) is 3.40. The normalized spacial score (nSPS) is 23.2. The summed E-state index contributed by atoms with van der Waals surface area (Å²) in [6.07, 6.45) is 2.66. The van der Waals surface area contributed by atoms with Gasteiger partial charge >= 0.3 is 0 Å². The second kappa shape index (κ2) is 8.24. The molecule has 1 unspecified atom stereocenters. The highest BCUT2D eigenvalue weighted by Crippen LogP contribution is 2.21. The van der Waals surface area contributed by atoms with Crippen molar-refractivity contribution in [1.82, 2.24) is 25.3 Å². The summed E-state index contributed by atoms with van der Waals surface area (Å²) in [5.74, 6) is 2.36. The smallest absolute Gasteiger partial charge is 0.243 e. The van der Waals surface area contributed by atoms with Gasteiger partial charge in [-0.3, -0.25) is 4.90 Å². The first-order valence-corrected chi connectivity index (χ1v) is 8.19. The number of piperidine rings is 1. The van der Waals surface area contributed by atoms with Crippen LogP contribution in [0.2, 0.25) is 0 Å². The largest absolute Gasteiger partial charge is 0.338 e. The van der Waals surface area contributed by atoms with Gasteiger partial charge in [-0.05, 0) is 45.7 Å². The Balaban J connectivity index is 0.00000176. The highest BCUT2D eigenvalue weighted by Gasteiger charge is 2.26. The molecule has 0 spiro atoms. The maximum absolute atomic E-state index is 5.30. The zero-order chi connectivity index (χ0) is 14.7. The van der Waals surface area contributed by atoms with Crippen LogP contribution in [0, 0.1) is 12.8 Å². The minimum absolute atomic E-state index is 0. The molecule has 3 heterocycles. The van der Waals surface area contributed by atoms with Crippen LogP contribution in [0.1, 0.15) is 37.5 Å². The van der Waals surface area contributed by atoms with Gasteiger partial charge in [-0.2, -0.15) is 4.98 Å². The predicted molar refractivity (Wildman–Crippen MR) is 88.3 cm³/mol. The summed E-state index contributed by atoms with van der Waals surface area (Å²) >= 11 is 0. The molecule has 1 aromatic rings. The first-order chi connectivity index (χ1) is 10.2. The van der Waals surface area contributed by atoms with E-state index in [0.717, 1.165) is 43.8 Å². The average molecular weight is 330 g/mol. The zero-order valence-corrected chi connectivity index (χ0v) is 14.4. The van der Waals surface area contributed by atoms with Crippen molar-refractivity contribution in [1.29, 1.82) is 0 Å². The molecule has 2 fully saturated rings. The first-order valence-electron chi connectivity index (χ1n) is 8.19. The van der Waals surface area contributed by atoms with Crippen molar-refractivity contribution >= 4 is 12.4 Å². The number of nitrogens with zero attached hydrogens (tertiary/aromatic N) is 4. The van der Waals surface area contributed by atoms with Crippen LogP contribution in [0.15, 0.2) is 4.52 Å². The van der Waals surface area contributed by atoms with Gasteiger partial charge in [0, 0.05) is 32.7 Å². The molecule has 2 aliphatic rings. The molecular formula is C15H28ClN5O. The Morgan fingerprint density at radius 3 is 2.50 bits per heavy atom. The van der Waals surface area contributed by atoms with Gasteiger partial charge in [-0.15, -0.1) is 12.4 Å². The Labute approximate surface area is 139 Å². The molecule has 2 saturated heterocycles. The van der Waals surface area contributed by atoms with E-state index in [9.17, 15) is 0 Å². The molecule has 6 nitrogen and oxygen atoms in total. The molecule has 0 aliphatic carbocycles. The van der Waals surface area contributed by atoms with E-state index >= 15 is 0 Å². The third kappa shape index (κ3) is 4.41. The lowest BCUT2D eigenvalue weighted by atomic mass is 9.97. The molecule has 22 heavy (non-hydrogen) atoms. The maximum atomic E-state index is 5.30. The third-order valence-electron chi connectivity index (χ3n) is 4.83. The number of piperazine rings is 1. The molecule has 7 heteroatoms. The summed E-state index contributed by atoms with van der Waals surface area (Å²) in [5, 5.41) is 7.34. The molecule has 2 aliphatic heterocycles. The van der Waals surface area contributed by atoms with Crippen LogP contribution in [-0.4, -0.2) is 65.8 Å². The number of nitrogens with one attached hydrogen (secondary N) is 1. The van der Waals surface area contributed by atoms with Crippen LogP contribution in [0.4, 0.5) is 0 Å². The summed E-state index contributed by atoms with van der Waals surface area (Å²) in [6, 6.07) is 0.229. The van der Waals surface area contributed by atoms with Crippen molar-refractivity contribution in [3.05, 3.63) is 11.7 Å². The van der Waals surface area contributed by atoms with Gasteiger partial charge in [-0.25, -0.2) is 0 Å². The summed E-state index contributed by atoms with van der Waals surface area (Å²) in [6.45, 7) is 12.2. The van der Waals surface area contributed by atoms with Crippen molar-refractivity contribution in [2.45, 2.75) is 32.7 Å². The molecular weight excluding hydrogens is 302 g/mol. The molecule has 3 rings (SSSR count). The predicted octanol–water partition coefficient (Wildman–Crippen LogP) is 1.48. The van der Waals surface area contributed by atoms with Gasteiger partial charge in [0.2, 0.25) is 5.89 Å². The molecule has 126 valence electrons. The summed E-state index contributed by atoms with van der Waals surface area (Å²) in [5.41, 5.74) is 0. The molecule has 1 atom stereocenters. The molecule has 0 aromatic carbocycles. The number of rotatable bonds is 4. The SMILES string of the molecule is Cc1noc(C(C)N2CCN(CC3CCNCC3)CC2)n1.Cl. The lowest BCUT2D eigenvalue weighted by Crippen LogP contribution is -2.49. The average Bonchev–Trinajstić information content (AvgIpc) is 2.95. The lowest BCUT2D eigenvalue weighted by molar-refractivity contribution is 0.0757. The Hall–Kier alpha value is -0.690. The third-order valence-corrected chi connectivity index (χ3v) is 4.83. The van der Waals surface area contributed by atoms with Crippen LogP contribution in [0.25, 0.3) is 0 Å². The van der Waals surface area contributed by atoms with Gasteiger partial charge in [0.15, 0.2) is 5.82 Å². The molecule has 0 amide bonds. The molecule has 1 N–H and O–H groups in total. The molecule has 1 aromatic heterocycles. The van der Waals surface area contributed by atoms with Gasteiger partial charge in [-0.1, -0.05) is 5.16 Å². The number of aryl methyl sites for hydroxylation is 1. The van der Waals surface area contributed by atoms with Gasteiger partial charge in [0.05, 0.1) is 6.04 Å². The number of hydrogen-bond acceptors (Lipinski definition) is 6. The van der Waals surface area contributed by atoms with Crippen LogP contribution >= 0.6 is 12.4 Å². The second-order valence-electron chi connectivity index (χ2n) is 6.39. The van der Waals surface area contributed by atoms with E-state index in [-0.39, 0.29) is 18.4 Å². The van der Waals surface area contributed by atoms with E-state index < -0.39 is 0 Å². The Morgan fingerprint density at radius 1 is 1.23 bits per heavy atom. The van der Waals surface area contributed by atoms with Crippen LogP contribution in [0.3, 0.4) is 0 Å². The van der Waals surface area contributed by atoms with Gasteiger partial charge in [0.1, 0.15) is 0 Å². The molecule has 0 saturated carbocycles. The minimum atomic E-state index is 0. The number of aromatic nitrogens is 2. The van der Waals surface area contributed by atoms with E-state index in [2.05, 4.69) is 32.2 Å². The fourth-order valence-electron chi connectivity index (χ4n) is 3.40. The highest BCUT2D eigenvalue weighted by molar-refractivity contribution is 5.85. The van der Waals surface area contributed by atoms with Crippen LogP contribution in [0.5, 0.6) is 0 Å². The van der Waals surface area contributed by atoms with Crippen LogP contribution in [-0.2, 0) is 0 Å². The van der Waals surface area contributed by atoms with Crippen molar-refractivity contribution in [3.8, 4) is 0 Å². The molecule has 0 bridgehead atoms. The van der Waals surface area contributed by atoms with Crippen molar-refractivity contribution in [2.75, 3.05) is 45.8 Å². The number of halogens is 1. The van der Waals surface area contributed by atoms with E-state index in [0.29, 0.717) is 0 Å². The van der Waals surface area contributed by atoms with E-state index in [4.69, 9.17) is 4.52 Å². The monoisotopic (exact) mass is 329 g/mol. The highest BCUT2D eigenvalue weighted by atomic mass is 35.5. The number of hydrogen-bond donors (Lipinski definition) is 1.